The fourth-order valence-corrected chi connectivity index (χ4v) is 2.09. The molecule has 1 aromatic carbocycles. The molecule has 0 amide bonds. The summed E-state index contributed by atoms with van der Waals surface area (Å²) in [7, 11) is 0. The van der Waals surface area contributed by atoms with E-state index >= 15 is 0 Å². The highest BCUT2D eigenvalue weighted by Crippen LogP contribution is 2.31. The van der Waals surface area contributed by atoms with Gasteiger partial charge in [0.15, 0.2) is 0 Å². The van der Waals surface area contributed by atoms with Crippen LogP contribution in [0.1, 0.15) is 31.1 Å². The molecular weight excluding hydrogens is 196 g/mol. The van der Waals surface area contributed by atoms with Gasteiger partial charge in [0.25, 0.3) is 0 Å². The summed E-state index contributed by atoms with van der Waals surface area (Å²) in [5.41, 5.74) is 0.347. The number of carboxylic acid groups (broad SMARTS) is 1. The lowest BCUT2D eigenvalue weighted by molar-refractivity contribution is 0.0696. The molecule has 0 saturated heterocycles. The molecule has 0 heterocycles. The van der Waals surface area contributed by atoms with Crippen LogP contribution in [0.4, 0.5) is 0 Å². The zero-order valence-corrected chi connectivity index (χ0v) is 9.39. The fourth-order valence-electron chi connectivity index (χ4n) is 1.05. The summed E-state index contributed by atoms with van der Waals surface area (Å²) in [6.07, 6.45) is 0. The van der Waals surface area contributed by atoms with Crippen molar-refractivity contribution in [2.45, 2.75) is 30.4 Å². The van der Waals surface area contributed by atoms with Crippen molar-refractivity contribution in [3.8, 4) is 0 Å². The highest BCUT2D eigenvalue weighted by molar-refractivity contribution is 8.00. The number of thioether (sulfide) groups is 1. The highest BCUT2D eigenvalue weighted by atomic mass is 32.2. The van der Waals surface area contributed by atoms with E-state index in [9.17, 15) is 4.79 Å². The van der Waals surface area contributed by atoms with Crippen LogP contribution in [0.25, 0.3) is 0 Å². The van der Waals surface area contributed by atoms with Crippen molar-refractivity contribution >= 4 is 17.7 Å². The molecular formula is C11H14O2S. The molecule has 1 rings (SSSR count). The van der Waals surface area contributed by atoms with Gasteiger partial charge in [-0.05, 0) is 18.2 Å². The average Bonchev–Trinajstić information content (AvgIpc) is 2.01. The van der Waals surface area contributed by atoms with Crippen LogP contribution in [0, 0.1) is 0 Å². The summed E-state index contributed by atoms with van der Waals surface area (Å²) >= 11 is 1.67. The zero-order chi connectivity index (χ0) is 10.8. The van der Waals surface area contributed by atoms with E-state index in [-0.39, 0.29) is 4.75 Å². The van der Waals surface area contributed by atoms with Gasteiger partial charge in [0.05, 0.1) is 5.56 Å². The van der Waals surface area contributed by atoms with E-state index in [2.05, 4.69) is 20.8 Å². The Bertz CT molecular complexity index is 339. The first kappa shape index (κ1) is 11.1. The van der Waals surface area contributed by atoms with Gasteiger partial charge in [-0.2, -0.15) is 0 Å². The van der Waals surface area contributed by atoms with Crippen LogP contribution < -0.4 is 0 Å². The van der Waals surface area contributed by atoms with Gasteiger partial charge in [0.2, 0.25) is 0 Å². The van der Waals surface area contributed by atoms with E-state index in [1.54, 1.807) is 30.0 Å². The summed E-state index contributed by atoms with van der Waals surface area (Å²) < 4.78 is 0.108. The van der Waals surface area contributed by atoms with Gasteiger partial charge < -0.3 is 5.11 Å². The summed E-state index contributed by atoms with van der Waals surface area (Å²) in [5.74, 6) is -0.874. The van der Waals surface area contributed by atoms with E-state index in [1.165, 1.54) is 0 Å². The Hall–Kier alpha value is -0.960. The lowest BCUT2D eigenvalue weighted by Crippen LogP contribution is -2.06. The van der Waals surface area contributed by atoms with Crippen LogP contribution in [0.5, 0.6) is 0 Å². The van der Waals surface area contributed by atoms with Gasteiger partial charge in [-0.3, -0.25) is 0 Å². The molecule has 0 aliphatic carbocycles. The predicted octanol–water partition coefficient (Wildman–Crippen LogP) is 3.28. The molecule has 3 heteroatoms. The van der Waals surface area contributed by atoms with Gasteiger partial charge >= 0.3 is 5.97 Å². The van der Waals surface area contributed by atoms with E-state index < -0.39 is 5.97 Å². The monoisotopic (exact) mass is 210 g/mol. The van der Waals surface area contributed by atoms with Crippen molar-refractivity contribution in [3.63, 3.8) is 0 Å². The molecule has 0 aliphatic rings. The molecule has 0 aliphatic heterocycles. The normalized spacial score (nSPS) is 11.4. The number of carbonyl (C=O) groups is 1. The van der Waals surface area contributed by atoms with Crippen molar-refractivity contribution < 1.29 is 9.90 Å². The van der Waals surface area contributed by atoms with Crippen molar-refractivity contribution in [2.75, 3.05) is 0 Å². The number of hydrogen-bond acceptors (Lipinski definition) is 2. The molecule has 0 fully saturated rings. The van der Waals surface area contributed by atoms with Crippen molar-refractivity contribution in [1.29, 1.82) is 0 Å². The first-order chi connectivity index (χ1) is 6.38. The Morgan fingerprint density at radius 3 is 2.50 bits per heavy atom. The summed E-state index contributed by atoms with van der Waals surface area (Å²) in [5, 5.41) is 8.80. The molecule has 0 saturated carbocycles. The Morgan fingerprint density at radius 1 is 1.36 bits per heavy atom. The minimum atomic E-state index is -0.874. The summed E-state index contributed by atoms with van der Waals surface area (Å²) in [4.78, 5) is 11.7. The molecule has 1 aromatic rings. The van der Waals surface area contributed by atoms with E-state index in [0.717, 1.165) is 4.90 Å². The van der Waals surface area contributed by atoms with Crippen LogP contribution in [-0.4, -0.2) is 15.8 Å². The second kappa shape index (κ2) is 4.05. The second-order valence-corrected chi connectivity index (χ2v) is 5.95. The lowest BCUT2D eigenvalue weighted by atomic mass is 10.2. The molecule has 0 atom stereocenters. The molecule has 0 radical (unpaired) electrons. The van der Waals surface area contributed by atoms with Crippen molar-refractivity contribution in [2.24, 2.45) is 0 Å². The molecule has 1 N–H and O–H groups in total. The minimum Gasteiger partial charge on any atom is -0.478 e. The largest absolute Gasteiger partial charge is 0.478 e. The minimum absolute atomic E-state index is 0.108. The summed E-state index contributed by atoms with van der Waals surface area (Å²) in [6.45, 7) is 6.31. The number of hydrogen-bond donors (Lipinski definition) is 1. The van der Waals surface area contributed by atoms with E-state index in [0.29, 0.717) is 5.56 Å². The molecule has 2 nitrogen and oxygen atoms in total. The third kappa shape index (κ3) is 3.42. The standard InChI is InChI=1S/C11H14O2S/c1-11(2,3)14-9-6-4-5-8(7-9)10(12)13/h4-7H,1-3H3,(H,12,13). The Labute approximate surface area is 88.3 Å². The van der Waals surface area contributed by atoms with E-state index in [1.807, 2.05) is 6.07 Å². The molecule has 0 unspecified atom stereocenters. The topological polar surface area (TPSA) is 37.3 Å². The van der Waals surface area contributed by atoms with Crippen LogP contribution in [0.2, 0.25) is 0 Å². The van der Waals surface area contributed by atoms with Crippen molar-refractivity contribution in [3.05, 3.63) is 29.8 Å². The quantitative estimate of drug-likeness (QED) is 0.761. The predicted molar refractivity (Wildman–Crippen MR) is 59.0 cm³/mol. The van der Waals surface area contributed by atoms with Crippen LogP contribution in [0.15, 0.2) is 29.2 Å². The molecule has 76 valence electrons. The maximum absolute atomic E-state index is 10.7. The first-order valence-corrected chi connectivity index (χ1v) is 5.22. The molecule has 14 heavy (non-hydrogen) atoms. The van der Waals surface area contributed by atoms with Gasteiger partial charge in [-0.15, -0.1) is 11.8 Å². The molecule has 0 aromatic heterocycles. The second-order valence-electron chi connectivity index (χ2n) is 4.05. The smallest absolute Gasteiger partial charge is 0.335 e. The Balaban J connectivity index is 2.89. The maximum atomic E-state index is 10.7. The van der Waals surface area contributed by atoms with Crippen LogP contribution in [0.3, 0.4) is 0 Å². The van der Waals surface area contributed by atoms with Gasteiger partial charge in [0, 0.05) is 9.64 Å². The Morgan fingerprint density at radius 2 is 2.00 bits per heavy atom. The van der Waals surface area contributed by atoms with Crippen LogP contribution >= 0.6 is 11.8 Å². The summed E-state index contributed by atoms with van der Waals surface area (Å²) in [6, 6.07) is 7.02. The first-order valence-electron chi connectivity index (χ1n) is 4.41. The SMILES string of the molecule is CC(C)(C)Sc1cccc(C(=O)O)c1. The maximum Gasteiger partial charge on any atom is 0.335 e. The molecule has 0 bridgehead atoms. The molecule has 0 spiro atoms. The van der Waals surface area contributed by atoms with Crippen molar-refractivity contribution in [1.82, 2.24) is 0 Å². The van der Waals surface area contributed by atoms with E-state index in [4.69, 9.17) is 5.11 Å². The Kier molecular flexibility index (Phi) is 3.21. The van der Waals surface area contributed by atoms with Crippen LogP contribution in [-0.2, 0) is 0 Å². The fraction of sp³-hybridized carbons (Fsp3) is 0.364. The lowest BCUT2D eigenvalue weighted by Gasteiger charge is -2.17. The van der Waals surface area contributed by atoms with Gasteiger partial charge in [-0.25, -0.2) is 4.79 Å². The number of benzene rings is 1. The highest BCUT2D eigenvalue weighted by Gasteiger charge is 2.13. The average molecular weight is 210 g/mol. The third-order valence-corrected chi connectivity index (χ3v) is 2.61. The third-order valence-electron chi connectivity index (χ3n) is 1.51. The van der Waals surface area contributed by atoms with Gasteiger partial charge in [0.1, 0.15) is 0 Å². The number of carboxylic acids is 1. The number of aromatic carboxylic acids is 1. The van der Waals surface area contributed by atoms with Gasteiger partial charge in [-0.1, -0.05) is 26.8 Å². The number of rotatable bonds is 2. The zero-order valence-electron chi connectivity index (χ0n) is 8.57.